The van der Waals surface area contributed by atoms with Gasteiger partial charge >= 0.3 is 6.09 Å². The standard InChI is InChI=1S/C12H21N3O2/c1-3-5-10(2)15-12(16)17-7-4-6-11-8-13-9-14-11/h8-10H,3-7H2,1-2H3,(H,13,14)(H,15,16)/t10-/m0/s1. The predicted molar refractivity (Wildman–Crippen MR) is 65.8 cm³/mol. The summed E-state index contributed by atoms with van der Waals surface area (Å²) in [5.74, 6) is 0. The summed E-state index contributed by atoms with van der Waals surface area (Å²) >= 11 is 0. The molecule has 1 atom stereocenters. The van der Waals surface area contributed by atoms with Crippen molar-refractivity contribution in [2.24, 2.45) is 0 Å². The largest absolute Gasteiger partial charge is 0.450 e. The van der Waals surface area contributed by atoms with E-state index in [1.807, 2.05) is 6.92 Å². The molecule has 0 radical (unpaired) electrons. The normalized spacial score (nSPS) is 12.1. The molecule has 0 aliphatic carbocycles. The summed E-state index contributed by atoms with van der Waals surface area (Å²) in [5, 5.41) is 2.79. The van der Waals surface area contributed by atoms with E-state index in [4.69, 9.17) is 4.74 Å². The van der Waals surface area contributed by atoms with E-state index in [1.54, 1.807) is 12.5 Å². The molecule has 0 spiro atoms. The summed E-state index contributed by atoms with van der Waals surface area (Å²) in [6, 6.07) is 0.181. The topological polar surface area (TPSA) is 67.0 Å². The van der Waals surface area contributed by atoms with Crippen LogP contribution in [-0.2, 0) is 11.2 Å². The highest BCUT2D eigenvalue weighted by atomic mass is 16.5. The molecule has 0 aliphatic heterocycles. The molecule has 17 heavy (non-hydrogen) atoms. The maximum atomic E-state index is 11.3. The monoisotopic (exact) mass is 239 g/mol. The second-order valence-corrected chi connectivity index (χ2v) is 4.15. The molecule has 0 saturated carbocycles. The Morgan fingerprint density at radius 3 is 3.12 bits per heavy atom. The molecule has 1 aromatic heterocycles. The van der Waals surface area contributed by atoms with Gasteiger partial charge in [-0.05, 0) is 26.2 Å². The molecular formula is C12H21N3O2. The molecule has 2 N–H and O–H groups in total. The maximum absolute atomic E-state index is 11.3. The highest BCUT2D eigenvalue weighted by molar-refractivity contribution is 5.67. The summed E-state index contributed by atoms with van der Waals surface area (Å²) < 4.78 is 5.07. The van der Waals surface area contributed by atoms with Crippen LogP contribution in [0.4, 0.5) is 4.79 Å². The van der Waals surface area contributed by atoms with Crippen LogP contribution in [0.15, 0.2) is 12.5 Å². The van der Waals surface area contributed by atoms with Gasteiger partial charge in [0.1, 0.15) is 0 Å². The number of imidazole rings is 1. The van der Waals surface area contributed by atoms with Crippen LogP contribution in [0.5, 0.6) is 0 Å². The second-order valence-electron chi connectivity index (χ2n) is 4.15. The van der Waals surface area contributed by atoms with Crippen molar-refractivity contribution in [3.63, 3.8) is 0 Å². The summed E-state index contributed by atoms with van der Waals surface area (Å²) in [5.41, 5.74) is 1.06. The van der Waals surface area contributed by atoms with Crippen molar-refractivity contribution in [3.8, 4) is 0 Å². The molecule has 0 fully saturated rings. The van der Waals surface area contributed by atoms with Crippen molar-refractivity contribution in [3.05, 3.63) is 18.2 Å². The lowest BCUT2D eigenvalue weighted by atomic mass is 10.2. The first kappa shape index (κ1) is 13.5. The number of aromatic amines is 1. The van der Waals surface area contributed by atoms with Crippen molar-refractivity contribution >= 4 is 6.09 Å². The SMILES string of the molecule is CCC[C@H](C)NC(=O)OCCCc1cnc[nH]1. The fourth-order valence-corrected chi connectivity index (χ4v) is 1.60. The van der Waals surface area contributed by atoms with Gasteiger partial charge in [0.25, 0.3) is 0 Å². The smallest absolute Gasteiger partial charge is 0.407 e. The highest BCUT2D eigenvalue weighted by Crippen LogP contribution is 1.98. The van der Waals surface area contributed by atoms with Gasteiger partial charge in [-0.15, -0.1) is 0 Å². The molecule has 96 valence electrons. The van der Waals surface area contributed by atoms with Gasteiger partial charge in [0.05, 0.1) is 12.9 Å². The Bertz CT molecular complexity index is 312. The minimum absolute atomic E-state index is 0.181. The lowest BCUT2D eigenvalue weighted by Gasteiger charge is -2.12. The zero-order valence-electron chi connectivity index (χ0n) is 10.5. The molecule has 0 aliphatic rings. The van der Waals surface area contributed by atoms with Gasteiger partial charge in [0, 0.05) is 17.9 Å². The van der Waals surface area contributed by atoms with Crippen molar-refractivity contribution in [2.75, 3.05) is 6.61 Å². The number of rotatable bonds is 7. The van der Waals surface area contributed by atoms with Crippen LogP contribution >= 0.6 is 0 Å². The minimum atomic E-state index is -0.324. The van der Waals surface area contributed by atoms with Crippen LogP contribution in [0.25, 0.3) is 0 Å². The number of carbonyl (C=O) groups is 1. The highest BCUT2D eigenvalue weighted by Gasteiger charge is 2.06. The Balaban J connectivity index is 2.04. The molecule has 1 rings (SSSR count). The van der Waals surface area contributed by atoms with Gasteiger partial charge in [-0.25, -0.2) is 9.78 Å². The lowest BCUT2D eigenvalue weighted by molar-refractivity contribution is 0.141. The van der Waals surface area contributed by atoms with Gasteiger partial charge < -0.3 is 15.0 Å². The van der Waals surface area contributed by atoms with E-state index >= 15 is 0 Å². The average Bonchev–Trinajstić information content (AvgIpc) is 2.77. The van der Waals surface area contributed by atoms with Gasteiger partial charge in [0.15, 0.2) is 0 Å². The van der Waals surface area contributed by atoms with Crippen LogP contribution in [-0.4, -0.2) is 28.7 Å². The number of ether oxygens (including phenoxy) is 1. The third kappa shape index (κ3) is 5.94. The van der Waals surface area contributed by atoms with Crippen molar-refractivity contribution in [2.45, 2.75) is 45.6 Å². The first-order valence-electron chi connectivity index (χ1n) is 6.13. The Kier molecular flexibility index (Phi) is 6.14. The first-order chi connectivity index (χ1) is 8.22. The van der Waals surface area contributed by atoms with Crippen molar-refractivity contribution in [1.82, 2.24) is 15.3 Å². The molecule has 0 saturated heterocycles. The molecule has 5 heteroatoms. The molecule has 0 unspecified atom stereocenters. The van der Waals surface area contributed by atoms with Crippen molar-refractivity contribution < 1.29 is 9.53 Å². The fourth-order valence-electron chi connectivity index (χ4n) is 1.60. The van der Waals surface area contributed by atoms with Crippen LogP contribution in [0.1, 0.15) is 38.8 Å². The molecule has 5 nitrogen and oxygen atoms in total. The number of amides is 1. The third-order valence-corrected chi connectivity index (χ3v) is 2.46. The number of aromatic nitrogens is 2. The predicted octanol–water partition coefficient (Wildman–Crippen LogP) is 2.26. The quantitative estimate of drug-likeness (QED) is 0.717. The number of hydrogen-bond acceptors (Lipinski definition) is 3. The average molecular weight is 239 g/mol. The van der Waals surface area contributed by atoms with E-state index < -0.39 is 0 Å². The van der Waals surface area contributed by atoms with E-state index in [2.05, 4.69) is 22.2 Å². The van der Waals surface area contributed by atoms with Crippen LogP contribution in [0.3, 0.4) is 0 Å². The van der Waals surface area contributed by atoms with E-state index in [9.17, 15) is 4.79 Å². The zero-order valence-corrected chi connectivity index (χ0v) is 10.5. The number of H-pyrrole nitrogens is 1. The lowest BCUT2D eigenvalue weighted by Crippen LogP contribution is -2.33. The summed E-state index contributed by atoms with van der Waals surface area (Å²) in [6.07, 6.45) is 6.79. The molecule has 0 bridgehead atoms. The molecule has 1 aromatic rings. The van der Waals surface area contributed by atoms with Gasteiger partial charge in [-0.3, -0.25) is 0 Å². The number of carbonyl (C=O) groups excluding carboxylic acids is 1. The molecular weight excluding hydrogens is 218 g/mol. The summed E-state index contributed by atoms with van der Waals surface area (Å²) in [7, 11) is 0. The zero-order chi connectivity index (χ0) is 12.5. The first-order valence-corrected chi connectivity index (χ1v) is 6.13. The van der Waals surface area contributed by atoms with Gasteiger partial charge in [-0.2, -0.15) is 0 Å². The Labute approximate surface area is 102 Å². The molecule has 1 amide bonds. The van der Waals surface area contributed by atoms with E-state index in [1.165, 1.54) is 0 Å². The molecule has 1 heterocycles. The Morgan fingerprint density at radius 1 is 1.65 bits per heavy atom. The van der Waals surface area contributed by atoms with Gasteiger partial charge in [0.2, 0.25) is 0 Å². The van der Waals surface area contributed by atoms with Crippen LogP contribution in [0, 0.1) is 0 Å². The fraction of sp³-hybridized carbons (Fsp3) is 0.667. The second kappa shape index (κ2) is 7.70. The maximum Gasteiger partial charge on any atom is 0.407 e. The number of nitrogens with zero attached hydrogens (tertiary/aromatic N) is 1. The van der Waals surface area contributed by atoms with E-state index in [-0.39, 0.29) is 12.1 Å². The summed E-state index contributed by atoms with van der Waals surface area (Å²) in [6.45, 7) is 4.51. The van der Waals surface area contributed by atoms with Crippen LogP contribution < -0.4 is 5.32 Å². The summed E-state index contributed by atoms with van der Waals surface area (Å²) in [4.78, 5) is 18.3. The molecule has 0 aromatic carbocycles. The van der Waals surface area contributed by atoms with E-state index in [0.717, 1.165) is 31.4 Å². The Hall–Kier alpha value is -1.52. The number of aryl methyl sites for hydroxylation is 1. The number of hydrogen-bond donors (Lipinski definition) is 2. The van der Waals surface area contributed by atoms with Crippen molar-refractivity contribution in [1.29, 1.82) is 0 Å². The number of nitrogens with one attached hydrogen (secondary N) is 2. The van der Waals surface area contributed by atoms with Crippen LogP contribution in [0.2, 0.25) is 0 Å². The minimum Gasteiger partial charge on any atom is -0.450 e. The number of alkyl carbamates (subject to hydrolysis) is 1. The van der Waals surface area contributed by atoms with E-state index in [0.29, 0.717) is 6.61 Å². The van der Waals surface area contributed by atoms with Gasteiger partial charge in [-0.1, -0.05) is 13.3 Å². The third-order valence-electron chi connectivity index (χ3n) is 2.46. The Morgan fingerprint density at radius 2 is 2.47 bits per heavy atom.